The van der Waals surface area contributed by atoms with Crippen LogP contribution in [0.1, 0.15) is 35.8 Å². The summed E-state index contributed by atoms with van der Waals surface area (Å²) < 4.78 is 16.8. The highest BCUT2D eigenvalue weighted by Crippen LogP contribution is 2.36. The maximum Gasteiger partial charge on any atom is 0.248 e. The SMILES string of the molecule is Cc1nn(-c2ccc(F)cc2)c(C)c1/C=C/C(=O)Nc1cccc(-c2nnnn2C2CC2)c1. The summed E-state index contributed by atoms with van der Waals surface area (Å²) in [6.07, 6.45) is 5.38. The van der Waals surface area contributed by atoms with Gasteiger partial charge in [0.2, 0.25) is 5.91 Å². The summed E-state index contributed by atoms with van der Waals surface area (Å²) in [6, 6.07) is 14.0. The lowest BCUT2D eigenvalue weighted by Crippen LogP contribution is -2.08. The lowest BCUT2D eigenvalue weighted by atomic mass is 10.1. The molecule has 0 radical (unpaired) electrons. The summed E-state index contributed by atoms with van der Waals surface area (Å²) in [5.74, 6) is 0.135. The molecule has 2 aromatic heterocycles. The van der Waals surface area contributed by atoms with Gasteiger partial charge in [-0.2, -0.15) is 5.10 Å². The number of nitrogens with zero attached hydrogens (tertiary/aromatic N) is 6. The number of tetrazole rings is 1. The van der Waals surface area contributed by atoms with Gasteiger partial charge in [-0.3, -0.25) is 4.79 Å². The standard InChI is InChI=1S/C24H22FN7O/c1-15-22(16(2)31(28-15)20-8-6-18(25)7-9-20)12-13-23(33)26-19-5-3-4-17(14-19)24-27-29-30-32(24)21-10-11-21/h3-9,12-14,21H,10-11H2,1-2H3,(H,26,33)/b13-12+. The number of carbonyl (C=O) groups excluding carboxylic acids is 1. The summed E-state index contributed by atoms with van der Waals surface area (Å²) >= 11 is 0. The van der Waals surface area contributed by atoms with E-state index in [1.54, 1.807) is 22.9 Å². The molecule has 4 aromatic rings. The number of hydrogen-bond acceptors (Lipinski definition) is 5. The average Bonchev–Trinajstić information content (AvgIpc) is 3.46. The Bertz CT molecular complexity index is 1350. The van der Waals surface area contributed by atoms with Crippen molar-refractivity contribution in [2.24, 2.45) is 0 Å². The number of rotatable bonds is 6. The molecule has 1 N–H and O–H groups in total. The number of aryl methyl sites for hydroxylation is 1. The van der Waals surface area contributed by atoms with Gasteiger partial charge in [0, 0.05) is 28.6 Å². The molecule has 0 saturated heterocycles. The van der Waals surface area contributed by atoms with Gasteiger partial charge in [-0.05, 0) is 79.6 Å². The van der Waals surface area contributed by atoms with Crippen molar-refractivity contribution in [1.29, 1.82) is 0 Å². The van der Waals surface area contributed by atoms with E-state index in [1.165, 1.54) is 18.2 Å². The molecule has 0 spiro atoms. The number of nitrogens with one attached hydrogen (secondary N) is 1. The molecule has 0 bridgehead atoms. The second-order valence-electron chi connectivity index (χ2n) is 8.05. The third kappa shape index (κ3) is 4.30. The first kappa shape index (κ1) is 20.7. The van der Waals surface area contributed by atoms with Crippen molar-refractivity contribution >= 4 is 17.7 Å². The van der Waals surface area contributed by atoms with Crippen LogP contribution in [0, 0.1) is 19.7 Å². The van der Waals surface area contributed by atoms with Crippen LogP contribution in [-0.2, 0) is 4.79 Å². The number of aromatic nitrogens is 6. The lowest BCUT2D eigenvalue weighted by Gasteiger charge is -2.06. The molecule has 0 atom stereocenters. The van der Waals surface area contributed by atoms with E-state index in [4.69, 9.17) is 0 Å². The molecule has 1 aliphatic carbocycles. The third-order valence-electron chi connectivity index (χ3n) is 5.59. The van der Waals surface area contributed by atoms with Gasteiger partial charge in [-0.1, -0.05) is 12.1 Å². The normalized spacial score (nSPS) is 13.5. The maximum absolute atomic E-state index is 13.2. The zero-order chi connectivity index (χ0) is 22.9. The predicted molar refractivity (Wildman–Crippen MR) is 122 cm³/mol. The number of benzene rings is 2. The second kappa shape index (κ2) is 8.42. The van der Waals surface area contributed by atoms with Crippen molar-refractivity contribution < 1.29 is 9.18 Å². The van der Waals surface area contributed by atoms with Crippen LogP contribution < -0.4 is 5.32 Å². The van der Waals surface area contributed by atoms with Gasteiger partial charge >= 0.3 is 0 Å². The first-order chi connectivity index (χ1) is 16.0. The van der Waals surface area contributed by atoms with Gasteiger partial charge in [-0.15, -0.1) is 5.10 Å². The zero-order valence-corrected chi connectivity index (χ0v) is 18.2. The number of halogens is 1. The van der Waals surface area contributed by atoms with E-state index in [0.29, 0.717) is 17.6 Å². The third-order valence-corrected chi connectivity index (χ3v) is 5.59. The molecule has 1 saturated carbocycles. The minimum atomic E-state index is -0.301. The van der Waals surface area contributed by atoms with Gasteiger partial charge in [-0.25, -0.2) is 13.8 Å². The molecule has 9 heteroatoms. The van der Waals surface area contributed by atoms with E-state index in [1.807, 2.05) is 42.8 Å². The Kier molecular flexibility index (Phi) is 5.29. The van der Waals surface area contributed by atoms with Crippen LogP contribution in [0.5, 0.6) is 0 Å². The maximum atomic E-state index is 13.2. The van der Waals surface area contributed by atoms with Crippen molar-refractivity contribution in [1.82, 2.24) is 30.0 Å². The Hall–Kier alpha value is -4.14. The summed E-state index contributed by atoms with van der Waals surface area (Å²) in [7, 11) is 0. The molecule has 1 amide bonds. The highest BCUT2D eigenvalue weighted by atomic mass is 19.1. The Balaban J connectivity index is 1.32. The Morgan fingerprint density at radius 3 is 2.70 bits per heavy atom. The molecule has 8 nitrogen and oxygen atoms in total. The minimum Gasteiger partial charge on any atom is -0.322 e. The summed E-state index contributed by atoms with van der Waals surface area (Å²) in [4.78, 5) is 12.6. The van der Waals surface area contributed by atoms with Crippen LogP contribution in [0.3, 0.4) is 0 Å². The van der Waals surface area contributed by atoms with Gasteiger partial charge in [0.1, 0.15) is 5.82 Å². The van der Waals surface area contributed by atoms with E-state index in [-0.39, 0.29) is 11.7 Å². The molecule has 0 unspecified atom stereocenters. The van der Waals surface area contributed by atoms with Crippen LogP contribution in [0.2, 0.25) is 0 Å². The Labute approximate surface area is 189 Å². The van der Waals surface area contributed by atoms with Crippen LogP contribution in [0.15, 0.2) is 54.6 Å². The van der Waals surface area contributed by atoms with E-state index in [0.717, 1.165) is 41.0 Å². The predicted octanol–water partition coefficient (Wildman–Crippen LogP) is 4.27. The molecule has 5 rings (SSSR count). The first-order valence-corrected chi connectivity index (χ1v) is 10.7. The smallest absolute Gasteiger partial charge is 0.248 e. The van der Waals surface area contributed by atoms with Crippen molar-refractivity contribution in [3.63, 3.8) is 0 Å². The van der Waals surface area contributed by atoms with E-state index in [2.05, 4.69) is 25.9 Å². The molecular weight excluding hydrogens is 421 g/mol. The molecular formula is C24H22FN7O. The van der Waals surface area contributed by atoms with Gasteiger partial charge in [0.05, 0.1) is 17.4 Å². The largest absolute Gasteiger partial charge is 0.322 e. The molecule has 2 heterocycles. The van der Waals surface area contributed by atoms with Crippen molar-refractivity contribution in [2.75, 3.05) is 5.32 Å². The van der Waals surface area contributed by atoms with E-state index < -0.39 is 0 Å². The molecule has 1 fully saturated rings. The Morgan fingerprint density at radius 1 is 1.15 bits per heavy atom. The first-order valence-electron chi connectivity index (χ1n) is 10.7. The summed E-state index contributed by atoms with van der Waals surface area (Å²) in [5.41, 5.74) is 4.73. The fourth-order valence-corrected chi connectivity index (χ4v) is 3.76. The number of carbonyl (C=O) groups is 1. The van der Waals surface area contributed by atoms with E-state index >= 15 is 0 Å². The Morgan fingerprint density at radius 2 is 1.94 bits per heavy atom. The fourth-order valence-electron chi connectivity index (χ4n) is 3.76. The van der Waals surface area contributed by atoms with Crippen molar-refractivity contribution in [2.45, 2.75) is 32.7 Å². The minimum absolute atomic E-state index is 0.262. The second-order valence-corrected chi connectivity index (χ2v) is 8.05. The summed E-state index contributed by atoms with van der Waals surface area (Å²) in [6.45, 7) is 3.78. The molecule has 33 heavy (non-hydrogen) atoms. The monoisotopic (exact) mass is 443 g/mol. The number of anilines is 1. The topological polar surface area (TPSA) is 90.5 Å². The van der Waals surface area contributed by atoms with Crippen LogP contribution >= 0.6 is 0 Å². The molecule has 1 aliphatic rings. The fraction of sp³-hybridized carbons (Fsp3) is 0.208. The average molecular weight is 443 g/mol. The molecule has 166 valence electrons. The van der Waals surface area contributed by atoms with Gasteiger partial charge in [0.25, 0.3) is 0 Å². The number of hydrogen-bond donors (Lipinski definition) is 1. The van der Waals surface area contributed by atoms with Crippen molar-refractivity contribution in [3.05, 3.63) is 77.4 Å². The molecule has 2 aromatic carbocycles. The highest BCUT2D eigenvalue weighted by molar-refractivity contribution is 6.02. The number of amides is 1. The van der Waals surface area contributed by atoms with Gasteiger partial charge < -0.3 is 5.32 Å². The highest BCUT2D eigenvalue weighted by Gasteiger charge is 2.28. The van der Waals surface area contributed by atoms with Gasteiger partial charge in [0.15, 0.2) is 5.82 Å². The quantitative estimate of drug-likeness (QED) is 0.450. The summed E-state index contributed by atoms with van der Waals surface area (Å²) in [5, 5.41) is 19.4. The van der Waals surface area contributed by atoms with Crippen molar-refractivity contribution in [3.8, 4) is 17.1 Å². The van der Waals surface area contributed by atoms with E-state index in [9.17, 15) is 9.18 Å². The lowest BCUT2D eigenvalue weighted by molar-refractivity contribution is -0.111. The zero-order valence-electron chi connectivity index (χ0n) is 18.2. The van der Waals surface area contributed by atoms with Crippen LogP contribution in [-0.4, -0.2) is 35.9 Å². The van der Waals surface area contributed by atoms with Crippen LogP contribution in [0.4, 0.5) is 10.1 Å². The molecule has 0 aliphatic heterocycles. The van der Waals surface area contributed by atoms with Crippen LogP contribution in [0.25, 0.3) is 23.2 Å².